The number of hydrogen-bond acceptors (Lipinski definition) is 1. The molecule has 92 valence electrons. The molecule has 0 spiro atoms. The van der Waals surface area contributed by atoms with Crippen LogP contribution < -0.4 is 0 Å². The van der Waals surface area contributed by atoms with Crippen molar-refractivity contribution < 1.29 is 9.50 Å². The fourth-order valence-corrected chi connectivity index (χ4v) is 2.80. The van der Waals surface area contributed by atoms with E-state index >= 15 is 0 Å². The van der Waals surface area contributed by atoms with Crippen molar-refractivity contribution in [1.29, 1.82) is 0 Å². The molecule has 2 heteroatoms. The Morgan fingerprint density at radius 3 is 2.22 bits per heavy atom. The maximum atomic E-state index is 13.5. The lowest BCUT2D eigenvalue weighted by Crippen LogP contribution is -2.26. The van der Waals surface area contributed by atoms with E-state index in [9.17, 15) is 9.50 Å². The second-order valence-corrected chi connectivity index (χ2v) is 5.17. The van der Waals surface area contributed by atoms with Crippen LogP contribution in [-0.4, -0.2) is 5.11 Å². The third kappa shape index (κ3) is 1.83. The van der Waals surface area contributed by atoms with Crippen molar-refractivity contribution in [2.24, 2.45) is 0 Å². The quantitative estimate of drug-likeness (QED) is 0.814. The normalized spacial score (nSPS) is 16.6. The Morgan fingerprint density at radius 1 is 1.06 bits per heavy atom. The molecular formula is C16H15FO. The third-order valence-electron chi connectivity index (χ3n) is 3.66. The average molecular weight is 242 g/mol. The van der Waals surface area contributed by atoms with Crippen LogP contribution in [-0.2, 0) is 18.4 Å². The van der Waals surface area contributed by atoms with Gasteiger partial charge in [0.05, 0.1) is 5.60 Å². The summed E-state index contributed by atoms with van der Waals surface area (Å²) < 4.78 is 13.5. The molecule has 1 aliphatic carbocycles. The van der Waals surface area contributed by atoms with Gasteiger partial charge >= 0.3 is 0 Å². The minimum absolute atomic E-state index is 0.283. The zero-order valence-corrected chi connectivity index (χ0v) is 10.3. The molecular weight excluding hydrogens is 227 g/mol. The van der Waals surface area contributed by atoms with Gasteiger partial charge in [0.2, 0.25) is 0 Å². The molecule has 0 heterocycles. The second kappa shape index (κ2) is 3.92. The lowest BCUT2D eigenvalue weighted by molar-refractivity contribution is 0.0478. The molecule has 0 aromatic heterocycles. The smallest absolute Gasteiger partial charge is 0.123 e. The van der Waals surface area contributed by atoms with Crippen LogP contribution in [0.15, 0.2) is 42.5 Å². The summed E-state index contributed by atoms with van der Waals surface area (Å²) in [4.78, 5) is 0. The Bertz CT molecular complexity index is 559. The lowest BCUT2D eigenvalue weighted by atomic mass is 9.90. The molecule has 2 aromatic carbocycles. The van der Waals surface area contributed by atoms with Crippen LogP contribution in [0, 0.1) is 12.7 Å². The Balaban J connectivity index is 2.03. The van der Waals surface area contributed by atoms with Crippen LogP contribution in [0.5, 0.6) is 0 Å². The van der Waals surface area contributed by atoms with Gasteiger partial charge < -0.3 is 5.11 Å². The molecule has 1 aliphatic rings. The molecule has 18 heavy (non-hydrogen) atoms. The highest BCUT2D eigenvalue weighted by molar-refractivity contribution is 5.40. The monoisotopic (exact) mass is 242 g/mol. The standard InChI is InChI=1S/C16H15FO/c1-11-6-14(8-15(17)7-11)16(18)9-12-4-2-3-5-13(12)10-16/h2-8,18H,9-10H2,1H3. The van der Waals surface area contributed by atoms with Gasteiger partial charge in [-0.3, -0.25) is 0 Å². The highest BCUT2D eigenvalue weighted by Gasteiger charge is 2.36. The van der Waals surface area contributed by atoms with E-state index in [1.807, 2.05) is 37.3 Å². The zero-order valence-electron chi connectivity index (χ0n) is 10.3. The van der Waals surface area contributed by atoms with Gasteiger partial charge in [0.1, 0.15) is 5.82 Å². The highest BCUT2D eigenvalue weighted by atomic mass is 19.1. The van der Waals surface area contributed by atoms with E-state index in [1.54, 1.807) is 0 Å². The second-order valence-electron chi connectivity index (χ2n) is 5.17. The molecule has 0 bridgehead atoms. The van der Waals surface area contributed by atoms with Crippen molar-refractivity contribution in [1.82, 2.24) is 0 Å². The van der Waals surface area contributed by atoms with Crippen molar-refractivity contribution in [3.05, 3.63) is 70.5 Å². The average Bonchev–Trinajstić information content (AvgIpc) is 2.65. The summed E-state index contributed by atoms with van der Waals surface area (Å²) in [7, 11) is 0. The molecule has 1 nitrogen and oxygen atoms in total. The Morgan fingerprint density at radius 2 is 1.67 bits per heavy atom. The van der Waals surface area contributed by atoms with E-state index in [-0.39, 0.29) is 5.82 Å². The van der Waals surface area contributed by atoms with Gasteiger partial charge in [-0.15, -0.1) is 0 Å². The zero-order chi connectivity index (χ0) is 12.8. The van der Waals surface area contributed by atoms with Crippen molar-refractivity contribution in [2.45, 2.75) is 25.4 Å². The first-order chi connectivity index (χ1) is 8.57. The summed E-state index contributed by atoms with van der Waals surface area (Å²) in [5.41, 5.74) is 2.87. The molecule has 0 unspecified atom stereocenters. The molecule has 0 fully saturated rings. The number of aliphatic hydroxyl groups is 1. The maximum absolute atomic E-state index is 13.5. The number of benzene rings is 2. The first-order valence-corrected chi connectivity index (χ1v) is 6.14. The van der Waals surface area contributed by atoms with Crippen LogP contribution in [0.3, 0.4) is 0 Å². The van der Waals surface area contributed by atoms with E-state index < -0.39 is 5.60 Å². The summed E-state index contributed by atoms with van der Waals surface area (Å²) in [5, 5.41) is 10.8. The SMILES string of the molecule is Cc1cc(F)cc(C2(O)Cc3ccccc3C2)c1. The molecule has 0 aliphatic heterocycles. The minimum Gasteiger partial charge on any atom is -0.384 e. The largest absolute Gasteiger partial charge is 0.384 e. The Kier molecular flexibility index (Phi) is 2.49. The predicted molar refractivity (Wildman–Crippen MR) is 68.9 cm³/mol. The molecule has 0 radical (unpaired) electrons. The Labute approximate surface area is 106 Å². The van der Waals surface area contributed by atoms with Gasteiger partial charge in [-0.25, -0.2) is 4.39 Å². The summed E-state index contributed by atoms with van der Waals surface area (Å²) in [6, 6.07) is 12.8. The van der Waals surface area contributed by atoms with Crippen molar-refractivity contribution in [2.75, 3.05) is 0 Å². The van der Waals surface area contributed by atoms with Crippen LogP contribution in [0.2, 0.25) is 0 Å². The first-order valence-electron chi connectivity index (χ1n) is 6.14. The van der Waals surface area contributed by atoms with Gasteiger partial charge in [0, 0.05) is 12.8 Å². The number of halogens is 1. The van der Waals surface area contributed by atoms with Gasteiger partial charge in [0.25, 0.3) is 0 Å². The van der Waals surface area contributed by atoms with E-state index in [0.29, 0.717) is 18.4 Å². The van der Waals surface area contributed by atoms with Crippen LogP contribution in [0.25, 0.3) is 0 Å². The fraction of sp³-hybridized carbons (Fsp3) is 0.250. The highest BCUT2D eigenvalue weighted by Crippen LogP contribution is 2.38. The molecule has 3 rings (SSSR count). The van der Waals surface area contributed by atoms with E-state index in [4.69, 9.17) is 0 Å². The van der Waals surface area contributed by atoms with E-state index in [2.05, 4.69) is 0 Å². The number of rotatable bonds is 1. The number of aryl methyl sites for hydroxylation is 1. The van der Waals surface area contributed by atoms with Crippen LogP contribution >= 0.6 is 0 Å². The van der Waals surface area contributed by atoms with Crippen LogP contribution in [0.1, 0.15) is 22.3 Å². The topological polar surface area (TPSA) is 20.2 Å². The van der Waals surface area contributed by atoms with E-state index in [1.165, 1.54) is 12.1 Å². The lowest BCUT2D eigenvalue weighted by Gasteiger charge is -2.23. The van der Waals surface area contributed by atoms with Crippen LogP contribution in [0.4, 0.5) is 4.39 Å². The van der Waals surface area contributed by atoms with Gasteiger partial charge in [-0.05, 0) is 41.3 Å². The third-order valence-corrected chi connectivity index (χ3v) is 3.66. The fourth-order valence-electron chi connectivity index (χ4n) is 2.80. The number of hydrogen-bond donors (Lipinski definition) is 1. The summed E-state index contributed by atoms with van der Waals surface area (Å²) >= 11 is 0. The van der Waals surface area contributed by atoms with E-state index in [0.717, 1.165) is 16.7 Å². The minimum atomic E-state index is -0.962. The molecule has 0 atom stereocenters. The summed E-state index contributed by atoms with van der Waals surface area (Å²) in [6.45, 7) is 1.85. The molecule has 1 N–H and O–H groups in total. The Hall–Kier alpha value is -1.67. The summed E-state index contributed by atoms with van der Waals surface area (Å²) in [6.07, 6.45) is 1.12. The summed E-state index contributed by atoms with van der Waals surface area (Å²) in [5.74, 6) is -0.283. The predicted octanol–water partition coefficient (Wildman–Crippen LogP) is 3.12. The van der Waals surface area contributed by atoms with Crippen molar-refractivity contribution in [3.63, 3.8) is 0 Å². The van der Waals surface area contributed by atoms with Gasteiger partial charge in [0.15, 0.2) is 0 Å². The van der Waals surface area contributed by atoms with Crippen molar-refractivity contribution >= 4 is 0 Å². The first kappa shape index (κ1) is 11.4. The molecule has 0 saturated heterocycles. The molecule has 2 aromatic rings. The maximum Gasteiger partial charge on any atom is 0.123 e. The molecule has 0 saturated carbocycles. The van der Waals surface area contributed by atoms with Gasteiger partial charge in [-0.1, -0.05) is 30.3 Å². The molecule has 0 amide bonds. The number of fused-ring (bicyclic) bond motifs is 1. The van der Waals surface area contributed by atoms with Crippen molar-refractivity contribution in [3.8, 4) is 0 Å². The van der Waals surface area contributed by atoms with Gasteiger partial charge in [-0.2, -0.15) is 0 Å².